The lowest BCUT2D eigenvalue weighted by molar-refractivity contribution is 0.102. The minimum Gasteiger partial charge on any atom is -0.494 e. The van der Waals surface area contributed by atoms with E-state index in [4.69, 9.17) is 9.47 Å². The molecule has 112 valence electrons. The topological polar surface area (TPSA) is 77.0 Å². The first-order chi connectivity index (χ1) is 10.7. The van der Waals surface area contributed by atoms with Gasteiger partial charge in [-0.15, -0.1) is 0 Å². The van der Waals surface area contributed by atoms with E-state index in [2.05, 4.69) is 10.3 Å². The Morgan fingerprint density at radius 3 is 2.36 bits per heavy atom. The van der Waals surface area contributed by atoms with Crippen LogP contribution in [0.25, 0.3) is 0 Å². The Labute approximate surface area is 127 Å². The number of anilines is 1. The summed E-state index contributed by atoms with van der Waals surface area (Å²) in [5, 5.41) is 2.74. The number of rotatable bonds is 5. The van der Waals surface area contributed by atoms with E-state index in [0.717, 1.165) is 0 Å². The van der Waals surface area contributed by atoms with Crippen molar-refractivity contribution in [3.8, 4) is 11.5 Å². The highest BCUT2D eigenvalue weighted by Gasteiger charge is 2.14. The molecule has 2 rings (SSSR count). The highest BCUT2D eigenvalue weighted by Crippen LogP contribution is 2.38. The Bertz CT molecular complexity index is 722. The number of benzene rings is 2. The molecule has 0 aliphatic heterocycles. The van der Waals surface area contributed by atoms with Gasteiger partial charge in [-0.1, -0.05) is 18.2 Å². The molecule has 0 bridgehead atoms. The molecular formula is C16H14N2O4. The van der Waals surface area contributed by atoms with Crippen LogP contribution in [0.4, 0.5) is 11.4 Å². The van der Waals surface area contributed by atoms with Gasteiger partial charge in [0, 0.05) is 17.7 Å². The molecule has 6 heteroatoms. The van der Waals surface area contributed by atoms with Gasteiger partial charge in [-0.25, -0.2) is 4.79 Å². The summed E-state index contributed by atoms with van der Waals surface area (Å²) in [5.74, 6) is 0.402. The van der Waals surface area contributed by atoms with E-state index in [-0.39, 0.29) is 11.6 Å². The zero-order chi connectivity index (χ0) is 15.9. The van der Waals surface area contributed by atoms with Crippen LogP contribution in [-0.2, 0) is 4.79 Å². The predicted molar refractivity (Wildman–Crippen MR) is 81.7 cm³/mol. The molecule has 0 radical (unpaired) electrons. The minimum atomic E-state index is -0.285. The number of ether oxygens (including phenoxy) is 2. The third-order valence-corrected chi connectivity index (χ3v) is 2.95. The lowest BCUT2D eigenvalue weighted by Gasteiger charge is -2.13. The van der Waals surface area contributed by atoms with E-state index in [9.17, 15) is 9.59 Å². The fraction of sp³-hybridized carbons (Fsp3) is 0.125. The smallest absolute Gasteiger partial charge is 0.255 e. The number of methoxy groups -OCH3 is 2. The Balaban J connectivity index is 2.38. The van der Waals surface area contributed by atoms with E-state index in [0.29, 0.717) is 22.7 Å². The van der Waals surface area contributed by atoms with Gasteiger partial charge in [-0.3, -0.25) is 4.79 Å². The van der Waals surface area contributed by atoms with Crippen LogP contribution in [0.5, 0.6) is 11.5 Å². The van der Waals surface area contributed by atoms with Crippen molar-refractivity contribution in [1.29, 1.82) is 0 Å². The van der Waals surface area contributed by atoms with E-state index >= 15 is 0 Å². The number of nitrogens with zero attached hydrogens (tertiary/aromatic N) is 1. The first-order valence-electron chi connectivity index (χ1n) is 6.40. The summed E-state index contributed by atoms with van der Waals surface area (Å²) < 4.78 is 10.4. The third-order valence-electron chi connectivity index (χ3n) is 2.95. The van der Waals surface area contributed by atoms with Gasteiger partial charge in [0.25, 0.3) is 5.91 Å². The molecule has 2 aromatic rings. The highest BCUT2D eigenvalue weighted by molar-refractivity contribution is 6.05. The van der Waals surface area contributed by atoms with Crippen LogP contribution in [0.1, 0.15) is 10.4 Å². The van der Waals surface area contributed by atoms with Gasteiger partial charge < -0.3 is 14.8 Å². The summed E-state index contributed by atoms with van der Waals surface area (Å²) in [6.07, 6.45) is 1.45. The molecule has 0 aliphatic carbocycles. The lowest BCUT2D eigenvalue weighted by atomic mass is 10.2. The van der Waals surface area contributed by atoms with Gasteiger partial charge in [-0.05, 0) is 12.1 Å². The maximum Gasteiger partial charge on any atom is 0.255 e. The molecule has 0 spiro atoms. The fourth-order valence-corrected chi connectivity index (χ4v) is 1.90. The highest BCUT2D eigenvalue weighted by atomic mass is 16.5. The number of amides is 1. The second-order valence-electron chi connectivity index (χ2n) is 4.25. The van der Waals surface area contributed by atoms with Crippen molar-refractivity contribution in [2.45, 2.75) is 0 Å². The molecule has 6 nitrogen and oxygen atoms in total. The van der Waals surface area contributed by atoms with Crippen LogP contribution < -0.4 is 14.8 Å². The van der Waals surface area contributed by atoms with Crippen LogP contribution in [-0.4, -0.2) is 26.2 Å². The van der Waals surface area contributed by atoms with Crippen LogP contribution in [0, 0.1) is 0 Å². The molecule has 0 saturated carbocycles. The predicted octanol–water partition coefficient (Wildman–Crippen LogP) is 2.92. The van der Waals surface area contributed by atoms with Crippen LogP contribution in [0.2, 0.25) is 0 Å². The SMILES string of the molecule is COc1cc(NC(=O)c2ccccc2)c(OC)cc1N=C=O. The second-order valence-corrected chi connectivity index (χ2v) is 4.25. The van der Waals surface area contributed by atoms with Crippen LogP contribution in [0.3, 0.4) is 0 Å². The zero-order valence-corrected chi connectivity index (χ0v) is 12.1. The summed E-state index contributed by atoms with van der Waals surface area (Å²) in [5.41, 5.74) is 1.20. The van der Waals surface area contributed by atoms with E-state index in [1.54, 1.807) is 24.3 Å². The Morgan fingerprint density at radius 1 is 1.09 bits per heavy atom. The largest absolute Gasteiger partial charge is 0.494 e. The number of hydrogen-bond acceptors (Lipinski definition) is 5. The van der Waals surface area contributed by atoms with E-state index in [1.165, 1.54) is 32.4 Å². The summed E-state index contributed by atoms with van der Waals surface area (Å²) >= 11 is 0. The zero-order valence-electron chi connectivity index (χ0n) is 12.1. The molecule has 0 aromatic heterocycles. The molecule has 0 fully saturated rings. The monoisotopic (exact) mass is 298 g/mol. The third kappa shape index (κ3) is 3.31. The molecule has 0 unspecified atom stereocenters. The van der Waals surface area contributed by atoms with Crippen molar-refractivity contribution < 1.29 is 19.1 Å². The lowest BCUT2D eigenvalue weighted by Crippen LogP contribution is -2.12. The average molecular weight is 298 g/mol. The average Bonchev–Trinajstić information content (AvgIpc) is 2.56. The van der Waals surface area contributed by atoms with Crippen molar-refractivity contribution in [3.05, 3.63) is 48.0 Å². The molecular weight excluding hydrogens is 284 g/mol. The molecule has 0 aliphatic rings. The molecule has 0 saturated heterocycles. The fourth-order valence-electron chi connectivity index (χ4n) is 1.90. The molecule has 1 N–H and O–H groups in total. The summed E-state index contributed by atoms with van der Waals surface area (Å²) in [7, 11) is 2.89. The number of isocyanates is 1. The standard InChI is InChI=1S/C16H14N2O4/c1-21-14-9-13(15(22-2)8-12(14)17-10-19)18-16(20)11-6-4-3-5-7-11/h3-9H,1-2H3,(H,18,20). The maximum atomic E-state index is 12.2. The molecule has 1 amide bonds. The van der Waals surface area contributed by atoms with Crippen LogP contribution in [0.15, 0.2) is 47.5 Å². The first kappa shape index (κ1) is 15.3. The van der Waals surface area contributed by atoms with Crippen LogP contribution >= 0.6 is 0 Å². The molecule has 2 aromatic carbocycles. The Hall–Kier alpha value is -3.11. The number of aliphatic imine (C=N–C) groups is 1. The quantitative estimate of drug-likeness (QED) is 0.680. The van der Waals surface area contributed by atoms with Crippen molar-refractivity contribution in [2.24, 2.45) is 4.99 Å². The normalized spacial score (nSPS) is 9.55. The van der Waals surface area contributed by atoms with Gasteiger partial charge in [0.1, 0.15) is 17.2 Å². The Morgan fingerprint density at radius 2 is 1.77 bits per heavy atom. The van der Waals surface area contributed by atoms with Gasteiger partial charge in [0.15, 0.2) is 0 Å². The Kier molecular flexibility index (Phi) is 4.90. The number of hydrogen-bond donors (Lipinski definition) is 1. The number of carbonyl (C=O) groups excluding carboxylic acids is 2. The van der Waals surface area contributed by atoms with Crippen molar-refractivity contribution >= 4 is 23.4 Å². The maximum absolute atomic E-state index is 12.2. The molecule has 0 atom stereocenters. The first-order valence-corrected chi connectivity index (χ1v) is 6.40. The van der Waals surface area contributed by atoms with Gasteiger partial charge in [-0.2, -0.15) is 4.99 Å². The van der Waals surface area contributed by atoms with Crippen molar-refractivity contribution in [3.63, 3.8) is 0 Å². The second kappa shape index (κ2) is 7.06. The minimum absolute atomic E-state index is 0.270. The van der Waals surface area contributed by atoms with E-state index in [1.807, 2.05) is 6.07 Å². The van der Waals surface area contributed by atoms with E-state index < -0.39 is 0 Å². The summed E-state index contributed by atoms with van der Waals surface area (Å²) in [6, 6.07) is 11.8. The molecule has 22 heavy (non-hydrogen) atoms. The van der Waals surface area contributed by atoms with Crippen molar-refractivity contribution in [1.82, 2.24) is 0 Å². The summed E-state index contributed by atoms with van der Waals surface area (Å²) in [6.45, 7) is 0. The number of carbonyl (C=O) groups is 1. The van der Waals surface area contributed by atoms with Gasteiger partial charge in [0.05, 0.1) is 19.9 Å². The molecule has 0 heterocycles. The summed E-state index contributed by atoms with van der Waals surface area (Å²) in [4.78, 5) is 26.2. The van der Waals surface area contributed by atoms with Gasteiger partial charge in [0.2, 0.25) is 6.08 Å². The van der Waals surface area contributed by atoms with Crippen molar-refractivity contribution in [2.75, 3.05) is 19.5 Å². The number of nitrogens with one attached hydrogen (secondary N) is 1. The van der Waals surface area contributed by atoms with Gasteiger partial charge >= 0.3 is 0 Å².